The van der Waals surface area contributed by atoms with Crippen LogP contribution in [0.5, 0.6) is 0 Å². The summed E-state index contributed by atoms with van der Waals surface area (Å²) in [4.78, 5) is 7.96. The predicted octanol–water partition coefficient (Wildman–Crippen LogP) is 3.66. The molecule has 0 fully saturated rings. The van der Waals surface area contributed by atoms with E-state index in [0.717, 1.165) is 29.1 Å². The van der Waals surface area contributed by atoms with Gasteiger partial charge < -0.3 is 4.98 Å². The minimum absolute atomic E-state index is 0.639. The molecule has 1 aromatic heterocycles. The lowest BCUT2D eigenvalue weighted by atomic mass is 9.97. The Hall–Kier alpha value is -0.350. The van der Waals surface area contributed by atoms with Crippen molar-refractivity contribution in [2.24, 2.45) is 0 Å². The molecule has 0 spiro atoms. The van der Waals surface area contributed by atoms with Crippen LogP contribution in [0, 0.1) is 4.64 Å². The SMILES string of the molecule is CC(C)SCc1nc(=S)c2c([nH]1)CCCC2. The molecule has 1 aliphatic carbocycles. The number of hydrogen-bond donors (Lipinski definition) is 1. The first-order valence-corrected chi connectivity index (χ1v) is 7.35. The molecule has 1 N–H and O–H groups in total. The van der Waals surface area contributed by atoms with Crippen molar-refractivity contribution in [1.29, 1.82) is 0 Å². The van der Waals surface area contributed by atoms with E-state index in [-0.39, 0.29) is 0 Å². The number of aryl methyl sites for hydroxylation is 1. The highest BCUT2D eigenvalue weighted by Crippen LogP contribution is 2.22. The molecule has 0 bridgehead atoms. The van der Waals surface area contributed by atoms with Gasteiger partial charge in [0.15, 0.2) is 0 Å². The molecule has 0 aromatic carbocycles. The molecular weight excluding hydrogens is 236 g/mol. The number of thioether (sulfide) groups is 1. The number of nitrogens with one attached hydrogen (secondary N) is 1. The van der Waals surface area contributed by atoms with Crippen LogP contribution >= 0.6 is 24.0 Å². The highest BCUT2D eigenvalue weighted by Gasteiger charge is 2.13. The Morgan fingerprint density at radius 2 is 2.12 bits per heavy atom. The molecule has 1 aromatic rings. The van der Waals surface area contributed by atoms with Gasteiger partial charge in [0.1, 0.15) is 10.5 Å². The molecule has 16 heavy (non-hydrogen) atoms. The molecule has 1 aliphatic rings. The first-order valence-electron chi connectivity index (χ1n) is 5.89. The van der Waals surface area contributed by atoms with Gasteiger partial charge in [0.05, 0.1) is 5.75 Å². The van der Waals surface area contributed by atoms with Gasteiger partial charge in [-0.2, -0.15) is 11.8 Å². The Balaban J connectivity index is 2.22. The molecule has 1 heterocycles. The highest BCUT2D eigenvalue weighted by atomic mass is 32.2. The zero-order chi connectivity index (χ0) is 11.5. The zero-order valence-corrected chi connectivity index (χ0v) is 11.5. The number of aromatic amines is 1. The van der Waals surface area contributed by atoms with Gasteiger partial charge in [-0.05, 0) is 30.9 Å². The molecule has 0 saturated heterocycles. The quantitative estimate of drug-likeness (QED) is 0.835. The van der Waals surface area contributed by atoms with Gasteiger partial charge >= 0.3 is 0 Å². The van der Waals surface area contributed by atoms with Crippen molar-refractivity contribution in [3.8, 4) is 0 Å². The molecule has 2 rings (SSSR count). The van der Waals surface area contributed by atoms with Crippen molar-refractivity contribution < 1.29 is 0 Å². The monoisotopic (exact) mass is 254 g/mol. The minimum Gasteiger partial charge on any atom is -0.346 e. The lowest BCUT2D eigenvalue weighted by Crippen LogP contribution is -2.10. The summed E-state index contributed by atoms with van der Waals surface area (Å²) >= 11 is 7.27. The number of hydrogen-bond acceptors (Lipinski definition) is 3. The Morgan fingerprint density at radius 3 is 2.88 bits per heavy atom. The van der Waals surface area contributed by atoms with Crippen molar-refractivity contribution in [3.05, 3.63) is 21.7 Å². The zero-order valence-electron chi connectivity index (χ0n) is 9.88. The van der Waals surface area contributed by atoms with Crippen LogP contribution < -0.4 is 0 Å². The summed E-state index contributed by atoms with van der Waals surface area (Å²) in [5.74, 6) is 1.98. The van der Waals surface area contributed by atoms with E-state index in [1.807, 2.05) is 11.8 Å². The van der Waals surface area contributed by atoms with Crippen molar-refractivity contribution in [3.63, 3.8) is 0 Å². The summed E-state index contributed by atoms with van der Waals surface area (Å²) in [7, 11) is 0. The maximum Gasteiger partial charge on any atom is 0.133 e. The average molecular weight is 254 g/mol. The molecule has 0 radical (unpaired) electrons. The van der Waals surface area contributed by atoms with Crippen molar-refractivity contribution in [2.45, 2.75) is 50.5 Å². The Kier molecular flexibility index (Phi) is 4.03. The smallest absolute Gasteiger partial charge is 0.133 e. The largest absolute Gasteiger partial charge is 0.346 e. The van der Waals surface area contributed by atoms with Crippen LogP contribution in [0.25, 0.3) is 0 Å². The van der Waals surface area contributed by atoms with Crippen LogP contribution in [0.4, 0.5) is 0 Å². The number of nitrogens with zero attached hydrogens (tertiary/aromatic N) is 1. The standard InChI is InChI=1S/C12H18N2S2/c1-8(2)16-7-11-13-10-6-4-3-5-9(10)12(15)14-11/h8H,3-7H2,1-2H3,(H,13,14,15). The normalized spacial score (nSPS) is 15.2. The van der Waals surface area contributed by atoms with Crippen LogP contribution in [0.1, 0.15) is 43.8 Å². The third-order valence-corrected chi connectivity index (χ3v) is 4.26. The van der Waals surface area contributed by atoms with Crippen LogP contribution in [0.15, 0.2) is 0 Å². The number of aromatic nitrogens is 2. The molecule has 88 valence electrons. The van der Waals surface area contributed by atoms with E-state index in [0.29, 0.717) is 5.25 Å². The van der Waals surface area contributed by atoms with E-state index in [2.05, 4.69) is 23.8 Å². The number of rotatable bonds is 3. The van der Waals surface area contributed by atoms with Gasteiger partial charge in [0.2, 0.25) is 0 Å². The fourth-order valence-corrected chi connectivity index (χ4v) is 2.95. The lowest BCUT2D eigenvalue weighted by Gasteiger charge is -2.16. The Bertz CT molecular complexity index is 424. The molecule has 0 saturated carbocycles. The van der Waals surface area contributed by atoms with Gasteiger partial charge in [0, 0.05) is 11.3 Å². The molecule has 0 aliphatic heterocycles. The molecule has 0 amide bonds. The molecular formula is C12H18N2S2. The first kappa shape index (κ1) is 12.1. The van der Waals surface area contributed by atoms with Crippen molar-refractivity contribution >= 4 is 24.0 Å². The maximum absolute atomic E-state index is 5.37. The predicted molar refractivity (Wildman–Crippen MR) is 72.5 cm³/mol. The van der Waals surface area contributed by atoms with Crippen LogP contribution in [0.2, 0.25) is 0 Å². The maximum atomic E-state index is 5.37. The molecule has 0 atom stereocenters. The third-order valence-electron chi connectivity index (χ3n) is 2.81. The van der Waals surface area contributed by atoms with Crippen LogP contribution in [0.3, 0.4) is 0 Å². The summed E-state index contributed by atoms with van der Waals surface area (Å²) in [6, 6.07) is 0. The Morgan fingerprint density at radius 1 is 1.38 bits per heavy atom. The fourth-order valence-electron chi connectivity index (χ4n) is 1.99. The topological polar surface area (TPSA) is 28.7 Å². The number of H-pyrrole nitrogens is 1. The fraction of sp³-hybridized carbons (Fsp3) is 0.667. The lowest BCUT2D eigenvalue weighted by molar-refractivity contribution is 0.655. The second kappa shape index (κ2) is 5.32. The summed E-state index contributed by atoms with van der Waals surface area (Å²) in [6.07, 6.45) is 4.78. The molecule has 2 nitrogen and oxygen atoms in total. The second-order valence-corrected chi connectivity index (χ2v) is 6.46. The van der Waals surface area contributed by atoms with E-state index in [1.165, 1.54) is 24.1 Å². The van der Waals surface area contributed by atoms with Gasteiger partial charge in [0.25, 0.3) is 0 Å². The van der Waals surface area contributed by atoms with Crippen molar-refractivity contribution in [2.75, 3.05) is 0 Å². The van der Waals surface area contributed by atoms with Crippen LogP contribution in [-0.2, 0) is 18.6 Å². The van der Waals surface area contributed by atoms with E-state index in [4.69, 9.17) is 12.2 Å². The van der Waals surface area contributed by atoms with Crippen molar-refractivity contribution in [1.82, 2.24) is 9.97 Å². The minimum atomic E-state index is 0.639. The van der Waals surface area contributed by atoms with E-state index >= 15 is 0 Å². The molecule has 0 unspecified atom stereocenters. The highest BCUT2D eigenvalue weighted by molar-refractivity contribution is 7.99. The van der Waals surface area contributed by atoms with E-state index < -0.39 is 0 Å². The number of fused-ring (bicyclic) bond motifs is 1. The summed E-state index contributed by atoms with van der Waals surface area (Å²) in [6.45, 7) is 4.41. The van der Waals surface area contributed by atoms with Gasteiger partial charge in [-0.1, -0.05) is 26.1 Å². The van der Waals surface area contributed by atoms with Crippen LogP contribution in [-0.4, -0.2) is 15.2 Å². The van der Waals surface area contributed by atoms with Gasteiger partial charge in [-0.3, -0.25) is 0 Å². The second-order valence-electron chi connectivity index (χ2n) is 4.51. The summed E-state index contributed by atoms with van der Waals surface area (Å²) in [5, 5.41) is 0.639. The Labute approximate surface area is 106 Å². The summed E-state index contributed by atoms with van der Waals surface area (Å²) in [5.41, 5.74) is 2.63. The van der Waals surface area contributed by atoms with E-state index in [9.17, 15) is 0 Å². The van der Waals surface area contributed by atoms with Gasteiger partial charge in [-0.15, -0.1) is 0 Å². The van der Waals surface area contributed by atoms with Gasteiger partial charge in [-0.25, -0.2) is 4.98 Å². The molecule has 4 heteroatoms. The van der Waals surface area contributed by atoms with E-state index in [1.54, 1.807) is 0 Å². The summed E-state index contributed by atoms with van der Waals surface area (Å²) < 4.78 is 0.827. The third kappa shape index (κ3) is 2.86. The average Bonchev–Trinajstić information content (AvgIpc) is 2.26. The first-order chi connectivity index (χ1) is 7.66.